The number of aryl methyl sites for hydroxylation is 1. The van der Waals surface area contributed by atoms with Gasteiger partial charge in [-0.25, -0.2) is 9.59 Å². The number of carboxylic acid groups (broad SMARTS) is 2. The standard InChI is InChI=1S/C21H26O3.C16H14O5/c1-14(8-7-9-15(2)12-21(22)23)10-11-19-16(3)13-20(24-6)18(5)17(19)4;1-20-12-7-8-13(14(9-12)21-10-15(17)18)16(19)11-5-3-2-4-6-11/h7-13H,1-6H3,(H,22,23);2-9H,10H2,1H3,(H,17,18)/b9-7+,11-10+,14-8+,15-12+;. The Bertz CT molecular complexity index is 1630. The highest BCUT2D eigenvalue weighted by molar-refractivity contribution is 6.10. The number of carbonyl (C=O) groups excluding carboxylic acids is 1. The lowest BCUT2D eigenvalue weighted by atomic mass is 9.96. The molecule has 0 saturated heterocycles. The fourth-order valence-corrected chi connectivity index (χ4v) is 4.22. The van der Waals surface area contributed by atoms with Crippen molar-refractivity contribution in [1.82, 2.24) is 0 Å². The number of allylic oxidation sites excluding steroid dienone is 6. The minimum absolute atomic E-state index is 0.186. The summed E-state index contributed by atoms with van der Waals surface area (Å²) in [4.78, 5) is 33.6. The first kappa shape index (κ1) is 35.8. The van der Waals surface area contributed by atoms with Crippen LogP contribution in [0.25, 0.3) is 6.08 Å². The van der Waals surface area contributed by atoms with Crippen LogP contribution in [0.4, 0.5) is 0 Å². The minimum atomic E-state index is -1.11. The van der Waals surface area contributed by atoms with E-state index in [1.807, 2.05) is 25.1 Å². The van der Waals surface area contributed by atoms with E-state index >= 15 is 0 Å². The van der Waals surface area contributed by atoms with Crippen molar-refractivity contribution >= 4 is 23.8 Å². The third-order valence-corrected chi connectivity index (χ3v) is 6.73. The molecule has 0 amide bonds. The SMILES string of the molecule is COc1cc(C)c(/C=C/C(C)=C/C=C/C(C)=C/C(=O)O)c(C)c1C.COc1ccc(C(=O)c2ccccc2)c(OCC(=O)O)c1. The van der Waals surface area contributed by atoms with E-state index in [9.17, 15) is 14.4 Å². The molecule has 0 fully saturated rings. The van der Waals surface area contributed by atoms with Crippen LogP contribution in [0.15, 0.2) is 96.1 Å². The summed E-state index contributed by atoms with van der Waals surface area (Å²) in [5.74, 6) is -0.697. The topological polar surface area (TPSA) is 119 Å². The summed E-state index contributed by atoms with van der Waals surface area (Å²) >= 11 is 0. The molecule has 0 heterocycles. The van der Waals surface area contributed by atoms with Gasteiger partial charge in [-0.15, -0.1) is 0 Å². The predicted molar refractivity (Wildman–Crippen MR) is 177 cm³/mol. The molecule has 0 aliphatic heterocycles. The first-order valence-electron chi connectivity index (χ1n) is 14.1. The zero-order valence-electron chi connectivity index (χ0n) is 26.7. The van der Waals surface area contributed by atoms with Crippen molar-refractivity contribution in [3.8, 4) is 17.2 Å². The minimum Gasteiger partial charge on any atom is -0.497 e. The summed E-state index contributed by atoms with van der Waals surface area (Å²) in [6, 6.07) is 15.5. The maximum atomic E-state index is 12.4. The van der Waals surface area contributed by atoms with Gasteiger partial charge in [0, 0.05) is 17.7 Å². The van der Waals surface area contributed by atoms with Gasteiger partial charge in [-0.2, -0.15) is 0 Å². The molecular weight excluding hydrogens is 572 g/mol. The van der Waals surface area contributed by atoms with Gasteiger partial charge in [0.2, 0.25) is 0 Å². The van der Waals surface area contributed by atoms with E-state index in [4.69, 9.17) is 24.4 Å². The number of methoxy groups -OCH3 is 2. The van der Waals surface area contributed by atoms with Crippen LogP contribution in [0.3, 0.4) is 0 Å². The number of hydrogen-bond acceptors (Lipinski definition) is 6. The first-order chi connectivity index (χ1) is 21.4. The molecule has 8 nitrogen and oxygen atoms in total. The molecule has 45 heavy (non-hydrogen) atoms. The van der Waals surface area contributed by atoms with Crippen LogP contribution in [0.2, 0.25) is 0 Å². The van der Waals surface area contributed by atoms with E-state index < -0.39 is 18.5 Å². The van der Waals surface area contributed by atoms with Gasteiger partial charge < -0.3 is 24.4 Å². The monoisotopic (exact) mass is 612 g/mol. The van der Waals surface area contributed by atoms with Crippen molar-refractivity contribution in [3.63, 3.8) is 0 Å². The summed E-state index contributed by atoms with van der Waals surface area (Å²) in [6.45, 7) is 9.49. The Labute approximate surface area is 264 Å². The zero-order chi connectivity index (χ0) is 33.5. The van der Waals surface area contributed by atoms with Crippen LogP contribution in [0, 0.1) is 20.8 Å². The third kappa shape index (κ3) is 11.3. The fraction of sp³-hybridized carbons (Fsp3) is 0.216. The third-order valence-electron chi connectivity index (χ3n) is 6.73. The van der Waals surface area contributed by atoms with Crippen LogP contribution >= 0.6 is 0 Å². The van der Waals surface area contributed by atoms with Gasteiger partial charge in [0.25, 0.3) is 0 Å². The predicted octanol–water partition coefficient (Wildman–Crippen LogP) is 7.56. The summed E-state index contributed by atoms with van der Waals surface area (Å²) in [5.41, 5.74) is 7.33. The Morgan fingerprint density at radius 3 is 2.09 bits per heavy atom. The van der Waals surface area contributed by atoms with Crippen LogP contribution < -0.4 is 14.2 Å². The van der Waals surface area contributed by atoms with Gasteiger partial charge in [0.15, 0.2) is 12.4 Å². The molecule has 0 aliphatic carbocycles. The van der Waals surface area contributed by atoms with Gasteiger partial charge in [0.05, 0.1) is 19.8 Å². The lowest BCUT2D eigenvalue weighted by Crippen LogP contribution is -2.12. The number of rotatable bonds is 12. The largest absolute Gasteiger partial charge is 0.497 e. The summed E-state index contributed by atoms with van der Waals surface area (Å²) in [5, 5.41) is 17.4. The molecule has 0 atom stereocenters. The molecule has 0 aliphatic rings. The first-order valence-corrected chi connectivity index (χ1v) is 14.1. The number of hydrogen-bond donors (Lipinski definition) is 2. The van der Waals surface area contributed by atoms with Crippen molar-refractivity contribution < 1.29 is 38.8 Å². The summed E-state index contributed by atoms with van der Waals surface area (Å²) in [6.07, 6.45) is 10.9. The van der Waals surface area contributed by atoms with Crippen LogP contribution in [0.1, 0.15) is 52.0 Å². The van der Waals surface area contributed by atoms with Crippen molar-refractivity contribution in [2.75, 3.05) is 20.8 Å². The highest BCUT2D eigenvalue weighted by atomic mass is 16.5. The second kappa shape index (κ2) is 17.7. The maximum Gasteiger partial charge on any atom is 0.341 e. The molecule has 3 aromatic carbocycles. The molecule has 0 unspecified atom stereocenters. The number of benzene rings is 3. The fourth-order valence-electron chi connectivity index (χ4n) is 4.22. The maximum absolute atomic E-state index is 12.4. The van der Waals surface area contributed by atoms with Gasteiger partial charge in [-0.3, -0.25) is 4.79 Å². The number of carboxylic acids is 2. The lowest BCUT2D eigenvalue weighted by Gasteiger charge is -2.13. The van der Waals surface area contributed by atoms with Crippen LogP contribution in [0.5, 0.6) is 17.2 Å². The molecule has 0 saturated carbocycles. The Morgan fingerprint density at radius 1 is 0.800 bits per heavy atom. The Kier molecular flexibility index (Phi) is 14.1. The summed E-state index contributed by atoms with van der Waals surface area (Å²) < 4.78 is 15.6. The molecular formula is C37H40O8. The van der Waals surface area contributed by atoms with E-state index in [1.54, 1.807) is 56.5 Å². The Balaban J connectivity index is 0.000000316. The normalized spacial score (nSPS) is 11.6. The van der Waals surface area contributed by atoms with Gasteiger partial charge >= 0.3 is 11.9 Å². The highest BCUT2D eigenvalue weighted by Gasteiger charge is 2.16. The van der Waals surface area contributed by atoms with Gasteiger partial charge in [0.1, 0.15) is 17.2 Å². The molecule has 0 spiro atoms. The molecule has 3 rings (SSSR count). The van der Waals surface area contributed by atoms with Gasteiger partial charge in [-0.1, -0.05) is 66.3 Å². The van der Waals surface area contributed by atoms with Crippen LogP contribution in [-0.2, 0) is 9.59 Å². The molecule has 0 aromatic heterocycles. The van der Waals surface area contributed by atoms with Crippen molar-refractivity contribution in [1.29, 1.82) is 0 Å². The van der Waals surface area contributed by atoms with Crippen molar-refractivity contribution in [3.05, 3.63) is 130 Å². The second-order valence-corrected chi connectivity index (χ2v) is 10.1. The molecule has 3 aromatic rings. The molecule has 0 radical (unpaired) electrons. The highest BCUT2D eigenvalue weighted by Crippen LogP contribution is 2.29. The van der Waals surface area contributed by atoms with E-state index in [0.717, 1.165) is 16.9 Å². The molecule has 8 heteroatoms. The number of ketones is 1. The van der Waals surface area contributed by atoms with E-state index in [0.29, 0.717) is 22.4 Å². The number of aliphatic carboxylic acids is 2. The average Bonchev–Trinajstić information content (AvgIpc) is 3.01. The smallest absolute Gasteiger partial charge is 0.341 e. The molecule has 2 N–H and O–H groups in total. The Morgan fingerprint density at radius 2 is 1.49 bits per heavy atom. The number of carbonyl (C=O) groups is 3. The second-order valence-electron chi connectivity index (χ2n) is 10.1. The Hall–Kier alpha value is -5.37. The average molecular weight is 613 g/mol. The number of ether oxygens (including phenoxy) is 3. The van der Waals surface area contributed by atoms with E-state index in [-0.39, 0.29) is 11.5 Å². The zero-order valence-corrected chi connectivity index (χ0v) is 26.7. The van der Waals surface area contributed by atoms with Crippen molar-refractivity contribution in [2.24, 2.45) is 0 Å². The quantitative estimate of drug-likeness (QED) is 0.122. The molecule has 236 valence electrons. The van der Waals surface area contributed by atoms with E-state index in [1.165, 1.54) is 35.9 Å². The lowest BCUT2D eigenvalue weighted by molar-refractivity contribution is -0.139. The van der Waals surface area contributed by atoms with Crippen molar-refractivity contribution in [2.45, 2.75) is 34.6 Å². The molecule has 0 bridgehead atoms. The summed E-state index contributed by atoms with van der Waals surface area (Å²) in [7, 11) is 3.17. The van der Waals surface area contributed by atoms with E-state index in [2.05, 4.69) is 39.0 Å². The van der Waals surface area contributed by atoms with Gasteiger partial charge in [-0.05, 0) is 80.6 Å². The van der Waals surface area contributed by atoms with Crippen LogP contribution in [-0.4, -0.2) is 48.8 Å².